The summed E-state index contributed by atoms with van der Waals surface area (Å²) < 4.78 is 19.9. The largest absolute Gasteiger partial charge is 0.497 e. The summed E-state index contributed by atoms with van der Waals surface area (Å²) in [6, 6.07) is 21.5. The molecule has 1 amide bonds. The van der Waals surface area contributed by atoms with Crippen LogP contribution in [0.3, 0.4) is 0 Å². The first-order valence-electron chi connectivity index (χ1n) is 15.4. The van der Waals surface area contributed by atoms with Crippen molar-refractivity contribution >= 4 is 33.2 Å². The standard InChI is InChI=1S/C36H35N5O4S/c1-5-13-39-14-15-40(23(2)20-39)35(42)26-11-9-25(10-12-26)27-7-6-8-29(16-27)44-22-28-17-30(43-4)18-33-31(28)19-34(45-33)32-21-41-36(37-32)46-24(3)38-41/h6-12,16-19,21H,2,5,13-15,20,22H2,1,3-4H3. The lowest BCUT2D eigenvalue weighted by Crippen LogP contribution is -2.46. The molecule has 0 radical (unpaired) electrons. The summed E-state index contributed by atoms with van der Waals surface area (Å²) in [5, 5.41) is 6.35. The van der Waals surface area contributed by atoms with Crippen molar-refractivity contribution < 1.29 is 18.7 Å². The summed E-state index contributed by atoms with van der Waals surface area (Å²) in [4.78, 5) is 22.9. The Kier molecular flexibility index (Phi) is 8.06. The summed E-state index contributed by atoms with van der Waals surface area (Å²) in [5.74, 6) is 2.07. The molecule has 0 spiro atoms. The minimum Gasteiger partial charge on any atom is -0.497 e. The lowest BCUT2D eigenvalue weighted by Gasteiger charge is -2.36. The van der Waals surface area contributed by atoms with Gasteiger partial charge in [-0.25, -0.2) is 9.50 Å². The third kappa shape index (κ3) is 5.89. The molecule has 1 aliphatic heterocycles. The predicted octanol–water partition coefficient (Wildman–Crippen LogP) is 7.45. The highest BCUT2D eigenvalue weighted by molar-refractivity contribution is 7.16. The number of hydrogen-bond donors (Lipinski definition) is 0. The van der Waals surface area contributed by atoms with E-state index in [1.807, 2.05) is 84.8 Å². The van der Waals surface area contributed by atoms with Crippen LogP contribution in [0.25, 0.3) is 38.5 Å². The summed E-state index contributed by atoms with van der Waals surface area (Å²) in [6.07, 6.45) is 2.97. The number of imidazole rings is 1. The van der Waals surface area contributed by atoms with Crippen LogP contribution in [0.2, 0.25) is 0 Å². The third-order valence-electron chi connectivity index (χ3n) is 8.24. The number of hydrogen-bond acceptors (Lipinski definition) is 8. The average molecular weight is 634 g/mol. The number of aromatic nitrogens is 3. The minimum atomic E-state index is -0.00343. The summed E-state index contributed by atoms with van der Waals surface area (Å²) >= 11 is 1.54. The molecule has 7 rings (SSSR count). The number of ether oxygens (including phenoxy) is 2. The zero-order chi connectivity index (χ0) is 31.8. The molecule has 46 heavy (non-hydrogen) atoms. The second kappa shape index (κ2) is 12.5. The lowest BCUT2D eigenvalue weighted by molar-refractivity contribution is 0.0732. The van der Waals surface area contributed by atoms with Gasteiger partial charge in [-0.2, -0.15) is 5.10 Å². The van der Waals surface area contributed by atoms with Crippen molar-refractivity contribution in [3.8, 4) is 34.1 Å². The van der Waals surface area contributed by atoms with Gasteiger partial charge in [0.1, 0.15) is 34.4 Å². The van der Waals surface area contributed by atoms with Crippen molar-refractivity contribution in [3.63, 3.8) is 0 Å². The van der Waals surface area contributed by atoms with Gasteiger partial charge in [0.05, 0.1) is 13.3 Å². The normalized spacial score (nSPS) is 14.0. The number of amides is 1. The van der Waals surface area contributed by atoms with Crippen LogP contribution in [0.5, 0.6) is 11.5 Å². The SMILES string of the molecule is C=C1CN(CCC)CCN1C(=O)c1ccc(-c2cccc(OCc3cc(OC)cc4oc(-c5cn6nc(C)sc6n5)cc34)c2)cc1. The number of aryl methyl sites for hydroxylation is 1. The number of rotatable bonds is 9. The molecule has 1 fully saturated rings. The van der Waals surface area contributed by atoms with Gasteiger partial charge in [0, 0.05) is 47.9 Å². The Bertz CT molecular complexity index is 2030. The molecule has 0 N–H and O–H groups in total. The Morgan fingerprint density at radius 3 is 2.65 bits per heavy atom. The number of carbonyl (C=O) groups excluding carboxylic acids is 1. The molecule has 3 aromatic carbocycles. The molecule has 9 nitrogen and oxygen atoms in total. The molecule has 0 saturated carbocycles. The number of benzene rings is 3. The van der Waals surface area contributed by atoms with Crippen molar-refractivity contribution in [1.82, 2.24) is 24.4 Å². The van der Waals surface area contributed by atoms with Crippen LogP contribution in [0.15, 0.2) is 89.6 Å². The van der Waals surface area contributed by atoms with Crippen molar-refractivity contribution in [2.75, 3.05) is 33.3 Å². The molecule has 0 bridgehead atoms. The maximum absolute atomic E-state index is 13.3. The van der Waals surface area contributed by atoms with E-state index in [1.54, 1.807) is 11.6 Å². The van der Waals surface area contributed by atoms with Gasteiger partial charge in [-0.05, 0) is 67.4 Å². The first kappa shape index (κ1) is 29.8. The van der Waals surface area contributed by atoms with Gasteiger partial charge in [-0.1, -0.05) is 49.1 Å². The second-order valence-corrected chi connectivity index (χ2v) is 12.6. The van der Waals surface area contributed by atoms with Crippen LogP contribution in [0, 0.1) is 6.92 Å². The quantitative estimate of drug-likeness (QED) is 0.164. The Labute approximate surface area is 271 Å². The Balaban J connectivity index is 1.07. The molecule has 10 heteroatoms. The van der Waals surface area contributed by atoms with Gasteiger partial charge in [0.2, 0.25) is 4.96 Å². The van der Waals surface area contributed by atoms with Gasteiger partial charge in [0.15, 0.2) is 5.76 Å². The molecule has 4 heterocycles. The molecule has 0 unspecified atom stereocenters. The Morgan fingerprint density at radius 1 is 1.04 bits per heavy atom. The van der Waals surface area contributed by atoms with Crippen molar-refractivity contribution in [2.45, 2.75) is 26.9 Å². The van der Waals surface area contributed by atoms with E-state index < -0.39 is 0 Å². The number of carbonyl (C=O) groups is 1. The van der Waals surface area contributed by atoms with Crippen LogP contribution in [0.1, 0.15) is 34.3 Å². The topological polar surface area (TPSA) is 85.3 Å². The molecular formula is C36H35N5O4S. The maximum Gasteiger partial charge on any atom is 0.258 e. The number of nitrogens with zero attached hydrogens (tertiary/aromatic N) is 5. The zero-order valence-corrected chi connectivity index (χ0v) is 27.0. The van der Waals surface area contributed by atoms with Crippen LogP contribution >= 0.6 is 11.3 Å². The smallest absolute Gasteiger partial charge is 0.258 e. The summed E-state index contributed by atoms with van der Waals surface area (Å²) in [6.45, 7) is 11.9. The van der Waals surface area contributed by atoms with Crippen LogP contribution < -0.4 is 9.47 Å². The fraction of sp³-hybridized carbons (Fsp3) is 0.250. The zero-order valence-electron chi connectivity index (χ0n) is 26.2. The number of methoxy groups -OCH3 is 1. The van der Waals surface area contributed by atoms with E-state index in [9.17, 15) is 4.79 Å². The first-order chi connectivity index (χ1) is 22.4. The van der Waals surface area contributed by atoms with Gasteiger partial charge < -0.3 is 18.8 Å². The van der Waals surface area contributed by atoms with Crippen LogP contribution in [-0.2, 0) is 6.61 Å². The molecule has 3 aromatic heterocycles. The third-order valence-corrected chi connectivity index (χ3v) is 9.07. The van der Waals surface area contributed by atoms with E-state index in [0.717, 1.165) is 75.2 Å². The Morgan fingerprint density at radius 2 is 1.89 bits per heavy atom. The molecule has 0 atom stereocenters. The van der Waals surface area contributed by atoms with Crippen LogP contribution in [0.4, 0.5) is 0 Å². The average Bonchev–Trinajstić information content (AvgIpc) is 3.77. The molecule has 6 aromatic rings. The van der Waals surface area contributed by atoms with E-state index in [4.69, 9.17) is 18.9 Å². The van der Waals surface area contributed by atoms with Crippen molar-refractivity contribution in [1.29, 1.82) is 0 Å². The summed E-state index contributed by atoms with van der Waals surface area (Å²) in [5.41, 5.74) is 5.87. The number of piperazine rings is 1. The molecule has 1 saturated heterocycles. The van der Waals surface area contributed by atoms with E-state index in [1.165, 1.54) is 11.3 Å². The maximum atomic E-state index is 13.3. The van der Waals surface area contributed by atoms with E-state index in [0.29, 0.717) is 35.8 Å². The van der Waals surface area contributed by atoms with Crippen LogP contribution in [-0.4, -0.2) is 63.6 Å². The van der Waals surface area contributed by atoms with Gasteiger partial charge in [-0.3, -0.25) is 9.69 Å². The van der Waals surface area contributed by atoms with Crippen molar-refractivity contribution in [3.05, 3.63) is 101 Å². The van der Waals surface area contributed by atoms with Gasteiger partial charge in [-0.15, -0.1) is 0 Å². The molecular weight excluding hydrogens is 598 g/mol. The first-order valence-corrected chi connectivity index (χ1v) is 16.2. The van der Waals surface area contributed by atoms with E-state index in [2.05, 4.69) is 23.5 Å². The fourth-order valence-electron chi connectivity index (χ4n) is 5.93. The number of fused-ring (bicyclic) bond motifs is 2. The minimum absolute atomic E-state index is 0.00343. The van der Waals surface area contributed by atoms with Gasteiger partial charge in [0.25, 0.3) is 5.91 Å². The van der Waals surface area contributed by atoms with Crippen molar-refractivity contribution in [2.24, 2.45) is 0 Å². The molecule has 234 valence electrons. The second-order valence-electron chi connectivity index (χ2n) is 11.5. The van der Waals surface area contributed by atoms with Gasteiger partial charge >= 0.3 is 0 Å². The highest BCUT2D eigenvalue weighted by Crippen LogP contribution is 2.34. The summed E-state index contributed by atoms with van der Waals surface area (Å²) in [7, 11) is 1.64. The molecule has 1 aliphatic rings. The monoisotopic (exact) mass is 633 g/mol. The van der Waals surface area contributed by atoms with E-state index in [-0.39, 0.29) is 5.91 Å². The highest BCUT2D eigenvalue weighted by Gasteiger charge is 2.25. The fourth-order valence-corrected chi connectivity index (χ4v) is 6.65. The Hall–Kier alpha value is -4.93. The van der Waals surface area contributed by atoms with E-state index >= 15 is 0 Å². The lowest BCUT2D eigenvalue weighted by atomic mass is 10.0. The number of furan rings is 1. The highest BCUT2D eigenvalue weighted by atomic mass is 32.1. The molecule has 0 aliphatic carbocycles. The predicted molar refractivity (Wildman–Crippen MR) is 180 cm³/mol.